The fourth-order valence-corrected chi connectivity index (χ4v) is 10.8. The molecule has 8 heteroatoms. The predicted molar refractivity (Wildman–Crippen MR) is 181 cm³/mol. The standard InChI is InChI=1S/C28H52N2S6/c1-3-21-29(25-17-11-9-12-18-25)27(31)35-33-23-15-7-5-6-8-16-24-34-36-28(32)30(22-4-2)26-19-13-10-14-20-26/h25-26H,3-24H2,1-2H3. The van der Waals surface area contributed by atoms with E-state index < -0.39 is 0 Å². The van der Waals surface area contributed by atoms with E-state index >= 15 is 0 Å². The third kappa shape index (κ3) is 14.0. The molecule has 0 unspecified atom stereocenters. The van der Waals surface area contributed by atoms with Crippen LogP contribution in [-0.2, 0) is 0 Å². The van der Waals surface area contributed by atoms with Crippen molar-refractivity contribution < 1.29 is 0 Å². The maximum absolute atomic E-state index is 5.82. The maximum atomic E-state index is 5.82. The Hall–Kier alpha value is 1.18. The van der Waals surface area contributed by atoms with E-state index in [2.05, 4.69) is 23.6 Å². The van der Waals surface area contributed by atoms with Crippen LogP contribution in [0.2, 0.25) is 0 Å². The molecule has 0 aromatic carbocycles. The lowest BCUT2D eigenvalue weighted by Crippen LogP contribution is -2.39. The highest BCUT2D eigenvalue weighted by Crippen LogP contribution is 2.32. The molecule has 0 aliphatic heterocycles. The second-order valence-corrected chi connectivity index (χ2v) is 16.5. The second-order valence-electron chi connectivity index (χ2n) is 10.4. The molecule has 2 nitrogen and oxygen atoms in total. The smallest absolute Gasteiger partial charge is 0.147 e. The molecule has 2 saturated carbocycles. The first-order valence-corrected chi connectivity index (χ1v) is 20.3. The minimum absolute atomic E-state index is 0.707. The SMILES string of the molecule is CCCN(C(=S)SSCCCCCCCCSSC(=S)N(CCC)C1CCCCC1)C1CCCCC1. The Morgan fingerprint density at radius 1 is 0.583 bits per heavy atom. The minimum atomic E-state index is 0.707. The average molecular weight is 609 g/mol. The van der Waals surface area contributed by atoms with Crippen LogP contribution in [0.4, 0.5) is 0 Å². The number of nitrogens with zero attached hydrogens (tertiary/aromatic N) is 2. The van der Waals surface area contributed by atoms with Crippen molar-refractivity contribution in [3.63, 3.8) is 0 Å². The first-order valence-electron chi connectivity index (χ1n) is 14.9. The summed E-state index contributed by atoms with van der Waals surface area (Å²) in [5.74, 6) is 2.46. The van der Waals surface area contributed by atoms with Crippen LogP contribution in [0.5, 0.6) is 0 Å². The van der Waals surface area contributed by atoms with Crippen molar-refractivity contribution in [2.45, 2.75) is 142 Å². The van der Waals surface area contributed by atoms with Crippen LogP contribution >= 0.6 is 67.6 Å². The van der Waals surface area contributed by atoms with E-state index in [4.69, 9.17) is 24.4 Å². The molecule has 0 heterocycles. The van der Waals surface area contributed by atoms with E-state index in [0.29, 0.717) is 12.1 Å². The maximum Gasteiger partial charge on any atom is 0.147 e. The molecule has 2 rings (SSSR count). The second kappa shape index (κ2) is 21.9. The molecule has 2 fully saturated rings. The van der Waals surface area contributed by atoms with E-state index in [0.717, 1.165) is 21.7 Å². The highest BCUT2D eigenvalue weighted by molar-refractivity contribution is 8.84. The fourth-order valence-electron chi connectivity index (χ4n) is 5.42. The molecule has 0 aromatic heterocycles. The normalized spacial score (nSPS) is 17.3. The van der Waals surface area contributed by atoms with E-state index in [1.807, 2.05) is 43.2 Å². The van der Waals surface area contributed by atoms with Crippen LogP contribution in [0.25, 0.3) is 0 Å². The Bertz CT molecular complexity index is 528. The number of thiocarbonyl (C=S) groups is 2. The molecule has 0 N–H and O–H groups in total. The molecule has 0 atom stereocenters. The summed E-state index contributed by atoms with van der Waals surface area (Å²) in [6.45, 7) is 6.83. The van der Waals surface area contributed by atoms with E-state index in [1.165, 1.54) is 127 Å². The number of hydrogen-bond donors (Lipinski definition) is 0. The lowest BCUT2D eigenvalue weighted by atomic mass is 9.94. The zero-order chi connectivity index (χ0) is 25.8. The fraction of sp³-hybridized carbons (Fsp3) is 0.929. The molecule has 0 saturated heterocycles. The third-order valence-electron chi connectivity index (χ3n) is 7.39. The summed E-state index contributed by atoms with van der Waals surface area (Å²) >= 11 is 11.6. The van der Waals surface area contributed by atoms with Gasteiger partial charge in [0.15, 0.2) is 0 Å². The van der Waals surface area contributed by atoms with Crippen LogP contribution in [-0.4, -0.2) is 55.1 Å². The summed E-state index contributed by atoms with van der Waals surface area (Å²) in [5, 5.41) is 0. The van der Waals surface area contributed by atoms with Crippen LogP contribution in [0.3, 0.4) is 0 Å². The summed E-state index contributed by atoms with van der Waals surface area (Å²) in [6, 6.07) is 1.41. The van der Waals surface area contributed by atoms with Crippen LogP contribution in [0.1, 0.15) is 129 Å². The van der Waals surface area contributed by atoms with Crippen molar-refractivity contribution in [3.05, 3.63) is 0 Å². The van der Waals surface area contributed by atoms with E-state index in [9.17, 15) is 0 Å². The molecule has 0 aromatic rings. The van der Waals surface area contributed by atoms with Gasteiger partial charge in [-0.25, -0.2) is 0 Å². The van der Waals surface area contributed by atoms with E-state index in [-0.39, 0.29) is 0 Å². The van der Waals surface area contributed by atoms with Crippen molar-refractivity contribution in [3.8, 4) is 0 Å². The average Bonchev–Trinajstić information content (AvgIpc) is 2.91. The molecular weight excluding hydrogens is 557 g/mol. The Balaban J connectivity index is 1.43. The van der Waals surface area contributed by atoms with Gasteiger partial charge >= 0.3 is 0 Å². The van der Waals surface area contributed by atoms with Crippen molar-refractivity contribution in [1.82, 2.24) is 9.80 Å². The monoisotopic (exact) mass is 608 g/mol. The van der Waals surface area contributed by atoms with Crippen molar-refractivity contribution >= 4 is 76.3 Å². The highest BCUT2D eigenvalue weighted by Gasteiger charge is 2.24. The van der Waals surface area contributed by atoms with Gasteiger partial charge in [0.05, 0.1) is 0 Å². The summed E-state index contributed by atoms with van der Waals surface area (Å²) in [5.41, 5.74) is 0. The summed E-state index contributed by atoms with van der Waals surface area (Å²) in [4.78, 5) is 5.10. The van der Waals surface area contributed by atoms with E-state index in [1.54, 1.807) is 0 Å². The Morgan fingerprint density at radius 3 is 1.31 bits per heavy atom. The summed E-state index contributed by atoms with van der Waals surface area (Å²) in [6.07, 6.45) is 24.2. The van der Waals surface area contributed by atoms with Gasteiger partial charge in [-0.3, -0.25) is 0 Å². The zero-order valence-electron chi connectivity index (χ0n) is 23.1. The number of hydrogen-bond acceptors (Lipinski definition) is 6. The van der Waals surface area contributed by atoms with Gasteiger partial charge < -0.3 is 9.80 Å². The lowest BCUT2D eigenvalue weighted by Gasteiger charge is -2.35. The van der Waals surface area contributed by atoms with Gasteiger partial charge in [-0.1, -0.05) is 124 Å². The Morgan fingerprint density at radius 2 is 0.944 bits per heavy atom. The molecule has 0 bridgehead atoms. The Labute approximate surface area is 250 Å². The topological polar surface area (TPSA) is 6.48 Å². The van der Waals surface area contributed by atoms with Gasteiger partial charge in [0, 0.05) is 36.7 Å². The number of unbranched alkanes of at least 4 members (excludes halogenated alkanes) is 5. The molecule has 0 amide bonds. The lowest BCUT2D eigenvalue weighted by molar-refractivity contribution is 0.251. The van der Waals surface area contributed by atoms with Gasteiger partial charge in [0.2, 0.25) is 0 Å². The van der Waals surface area contributed by atoms with Crippen molar-refractivity contribution in [2.75, 3.05) is 24.6 Å². The molecule has 36 heavy (non-hydrogen) atoms. The molecular formula is C28H52N2S6. The molecule has 2 aliphatic carbocycles. The first kappa shape index (κ1) is 33.4. The van der Waals surface area contributed by atoms with Crippen molar-refractivity contribution in [1.29, 1.82) is 0 Å². The largest absolute Gasteiger partial charge is 0.354 e. The van der Waals surface area contributed by atoms with Gasteiger partial charge in [0.1, 0.15) is 8.64 Å². The number of rotatable bonds is 17. The molecule has 0 spiro atoms. The molecule has 210 valence electrons. The van der Waals surface area contributed by atoms with Crippen LogP contribution < -0.4 is 0 Å². The Kier molecular flexibility index (Phi) is 20.3. The molecule has 2 aliphatic rings. The predicted octanol–water partition coefficient (Wildman–Crippen LogP) is 10.7. The molecule has 0 radical (unpaired) electrons. The van der Waals surface area contributed by atoms with Gasteiger partial charge in [-0.05, 0) is 73.0 Å². The van der Waals surface area contributed by atoms with Crippen molar-refractivity contribution in [2.24, 2.45) is 0 Å². The quantitative estimate of drug-likeness (QED) is 0.0902. The van der Waals surface area contributed by atoms with Gasteiger partial charge in [-0.2, -0.15) is 0 Å². The summed E-state index contributed by atoms with van der Waals surface area (Å²) in [7, 11) is 7.70. The zero-order valence-corrected chi connectivity index (χ0v) is 28.0. The van der Waals surface area contributed by atoms with Gasteiger partial charge in [0.25, 0.3) is 0 Å². The van der Waals surface area contributed by atoms with Gasteiger partial charge in [-0.15, -0.1) is 0 Å². The first-order chi connectivity index (χ1) is 17.7. The van der Waals surface area contributed by atoms with Crippen LogP contribution in [0, 0.1) is 0 Å². The van der Waals surface area contributed by atoms with Crippen LogP contribution in [0.15, 0.2) is 0 Å². The summed E-state index contributed by atoms with van der Waals surface area (Å²) < 4.78 is 2.28. The minimum Gasteiger partial charge on any atom is -0.354 e. The third-order valence-corrected chi connectivity index (χ3v) is 13.6. The highest BCUT2D eigenvalue weighted by atomic mass is 33.1.